The van der Waals surface area contributed by atoms with Crippen molar-refractivity contribution in [3.8, 4) is 0 Å². The van der Waals surface area contributed by atoms with Crippen molar-refractivity contribution in [2.75, 3.05) is 4.72 Å². The minimum atomic E-state index is -3.76. The summed E-state index contributed by atoms with van der Waals surface area (Å²) in [4.78, 5) is 3.94. The molecule has 3 rings (SSSR count). The van der Waals surface area contributed by atoms with Gasteiger partial charge in [0.25, 0.3) is 16.0 Å². The van der Waals surface area contributed by atoms with Crippen LogP contribution in [0.3, 0.4) is 0 Å². The first-order valence-corrected chi connectivity index (χ1v) is 9.88. The number of hydrogen-bond acceptors (Lipinski definition) is 5. The van der Waals surface area contributed by atoms with Gasteiger partial charge in [0.05, 0.1) is 20.9 Å². The lowest BCUT2D eigenvalue weighted by molar-refractivity contribution is 0.602. The molecule has 0 amide bonds. The molecule has 126 valence electrons. The maximum absolute atomic E-state index is 12.2. The monoisotopic (exact) mass is 422 g/mol. The summed E-state index contributed by atoms with van der Waals surface area (Å²) in [5.41, 5.74) is 0.855. The number of aromatic nitrogens is 3. The van der Waals surface area contributed by atoms with Gasteiger partial charge < -0.3 is 0 Å². The Morgan fingerprint density at radius 1 is 1.12 bits per heavy atom. The van der Waals surface area contributed by atoms with E-state index in [0.29, 0.717) is 20.9 Å². The van der Waals surface area contributed by atoms with Crippen molar-refractivity contribution in [1.82, 2.24) is 14.8 Å². The second-order valence-electron chi connectivity index (χ2n) is 4.68. The zero-order valence-corrected chi connectivity index (χ0v) is 15.7. The average molecular weight is 424 g/mol. The zero-order chi connectivity index (χ0) is 17.3. The summed E-state index contributed by atoms with van der Waals surface area (Å²) in [5, 5.41) is 4.98. The van der Waals surface area contributed by atoms with E-state index in [1.165, 1.54) is 23.1 Å². The highest BCUT2D eigenvalue weighted by Gasteiger charge is 2.18. The Morgan fingerprint density at radius 3 is 2.58 bits per heavy atom. The minimum Gasteiger partial charge on any atom is -0.246 e. The molecule has 0 radical (unpaired) electrons. The van der Waals surface area contributed by atoms with Crippen LogP contribution in [0.2, 0.25) is 14.4 Å². The molecule has 0 bridgehead atoms. The number of nitrogens with one attached hydrogen (secondary N) is 1. The highest BCUT2D eigenvalue weighted by Crippen LogP contribution is 2.26. The number of nitrogens with zero attached hydrogens (tertiary/aromatic N) is 3. The fourth-order valence-corrected chi connectivity index (χ4v) is 4.60. The van der Waals surface area contributed by atoms with Gasteiger partial charge in [0.15, 0.2) is 0 Å². The van der Waals surface area contributed by atoms with Crippen LogP contribution in [0.5, 0.6) is 0 Å². The van der Waals surface area contributed by atoms with Crippen molar-refractivity contribution in [3.63, 3.8) is 0 Å². The van der Waals surface area contributed by atoms with E-state index in [-0.39, 0.29) is 10.2 Å². The smallest absolute Gasteiger partial charge is 0.246 e. The van der Waals surface area contributed by atoms with E-state index < -0.39 is 10.0 Å². The molecular formula is C13H9Cl3N4O2S2. The van der Waals surface area contributed by atoms with E-state index in [9.17, 15) is 8.42 Å². The normalized spacial score (nSPS) is 11.6. The van der Waals surface area contributed by atoms with E-state index in [1.807, 2.05) is 0 Å². The van der Waals surface area contributed by atoms with E-state index in [0.717, 1.165) is 16.9 Å². The number of hydrogen-bond donors (Lipinski definition) is 1. The maximum atomic E-state index is 12.2. The molecule has 24 heavy (non-hydrogen) atoms. The van der Waals surface area contributed by atoms with Crippen LogP contribution in [-0.2, 0) is 16.6 Å². The van der Waals surface area contributed by atoms with Crippen LogP contribution in [0.25, 0.3) is 0 Å². The molecule has 11 heteroatoms. The van der Waals surface area contributed by atoms with Gasteiger partial charge in [0, 0.05) is 0 Å². The molecule has 1 N–H and O–H groups in total. The summed E-state index contributed by atoms with van der Waals surface area (Å²) in [6, 6.07) is 8.12. The predicted octanol–water partition coefficient (Wildman–Crippen LogP) is 4.15. The molecule has 2 aromatic heterocycles. The van der Waals surface area contributed by atoms with Gasteiger partial charge in [-0.2, -0.15) is 4.98 Å². The van der Waals surface area contributed by atoms with Crippen LogP contribution in [0.1, 0.15) is 5.56 Å². The number of halogens is 3. The Bertz CT molecular complexity index is 985. The first kappa shape index (κ1) is 17.5. The second kappa shape index (κ2) is 6.89. The molecule has 0 aliphatic carbocycles. The number of thiophene rings is 1. The summed E-state index contributed by atoms with van der Waals surface area (Å²) in [5.74, 6) is -0.0282. The van der Waals surface area contributed by atoms with Crippen molar-refractivity contribution in [2.45, 2.75) is 10.8 Å². The van der Waals surface area contributed by atoms with Crippen LogP contribution in [0.4, 0.5) is 5.95 Å². The first-order valence-electron chi connectivity index (χ1n) is 6.45. The maximum Gasteiger partial charge on any atom is 0.273 e. The van der Waals surface area contributed by atoms with Crippen molar-refractivity contribution in [2.24, 2.45) is 0 Å². The van der Waals surface area contributed by atoms with Crippen LogP contribution in [-0.4, -0.2) is 23.2 Å². The lowest BCUT2D eigenvalue weighted by Crippen LogP contribution is -2.13. The van der Waals surface area contributed by atoms with E-state index >= 15 is 0 Å². The van der Waals surface area contributed by atoms with E-state index in [4.69, 9.17) is 34.8 Å². The quantitative estimate of drug-likeness (QED) is 0.669. The molecule has 6 nitrogen and oxygen atoms in total. The summed E-state index contributed by atoms with van der Waals surface area (Å²) in [6.45, 7) is 0.371. The number of anilines is 1. The topological polar surface area (TPSA) is 76.9 Å². The highest BCUT2D eigenvalue weighted by molar-refractivity contribution is 7.94. The fourth-order valence-electron chi connectivity index (χ4n) is 1.86. The SMILES string of the molecule is O=S(=O)(Nc1ncn(Cc2ccc(Cl)c(Cl)c2)n1)c1ccc(Cl)s1. The van der Waals surface area contributed by atoms with Gasteiger partial charge in [-0.3, -0.25) is 0 Å². The van der Waals surface area contributed by atoms with Crippen molar-refractivity contribution < 1.29 is 8.42 Å². The molecule has 0 fully saturated rings. The fraction of sp³-hybridized carbons (Fsp3) is 0.0769. The van der Waals surface area contributed by atoms with Gasteiger partial charge >= 0.3 is 0 Å². The third-order valence-electron chi connectivity index (χ3n) is 2.90. The summed E-state index contributed by atoms with van der Waals surface area (Å²) < 4.78 is 28.6. The van der Waals surface area contributed by atoms with Gasteiger partial charge in [0.1, 0.15) is 10.5 Å². The number of rotatable bonds is 5. The summed E-state index contributed by atoms with van der Waals surface area (Å²) in [6.07, 6.45) is 1.42. The van der Waals surface area contributed by atoms with E-state index in [1.54, 1.807) is 18.2 Å². The Hall–Kier alpha value is -1.32. The van der Waals surface area contributed by atoms with Crippen LogP contribution >= 0.6 is 46.1 Å². The van der Waals surface area contributed by atoms with Crippen LogP contribution in [0.15, 0.2) is 40.9 Å². The largest absolute Gasteiger partial charge is 0.273 e. The minimum absolute atomic E-state index is 0.0282. The Labute approximate surface area is 157 Å². The first-order chi connectivity index (χ1) is 11.3. The number of sulfonamides is 1. The predicted molar refractivity (Wildman–Crippen MR) is 95.7 cm³/mol. The average Bonchev–Trinajstić information content (AvgIpc) is 3.12. The Balaban J connectivity index is 1.74. The molecule has 0 unspecified atom stereocenters. The standard InChI is InChI=1S/C13H9Cl3N4O2S2/c14-9-2-1-8(5-10(9)15)6-20-7-17-13(18-20)19-24(21,22)12-4-3-11(16)23-12/h1-5,7H,6H2,(H,18,19). The molecule has 0 aliphatic rings. The molecule has 1 aromatic carbocycles. The highest BCUT2D eigenvalue weighted by atomic mass is 35.5. The van der Waals surface area contributed by atoms with Gasteiger partial charge in [0.2, 0.25) is 0 Å². The van der Waals surface area contributed by atoms with Gasteiger partial charge in [-0.1, -0.05) is 40.9 Å². The van der Waals surface area contributed by atoms with Crippen molar-refractivity contribution in [3.05, 3.63) is 56.6 Å². The second-order valence-corrected chi connectivity index (χ2v) is 9.12. The molecule has 2 heterocycles. The summed E-state index contributed by atoms with van der Waals surface area (Å²) >= 11 is 18.5. The van der Waals surface area contributed by atoms with Crippen LogP contribution < -0.4 is 4.72 Å². The molecule has 0 saturated carbocycles. The van der Waals surface area contributed by atoms with Crippen LogP contribution in [0, 0.1) is 0 Å². The van der Waals surface area contributed by atoms with Gasteiger partial charge in [-0.25, -0.2) is 17.8 Å². The Morgan fingerprint density at radius 2 is 1.92 bits per heavy atom. The third-order valence-corrected chi connectivity index (χ3v) is 6.69. The third kappa shape index (κ3) is 4.01. The number of benzene rings is 1. The molecule has 0 aliphatic heterocycles. The molecule has 3 aromatic rings. The molecule has 0 saturated heterocycles. The van der Waals surface area contributed by atoms with Crippen molar-refractivity contribution >= 4 is 62.1 Å². The molecule has 0 spiro atoms. The van der Waals surface area contributed by atoms with Gasteiger partial charge in [-0.15, -0.1) is 16.4 Å². The lowest BCUT2D eigenvalue weighted by atomic mass is 10.2. The lowest BCUT2D eigenvalue weighted by Gasteiger charge is -2.03. The Kier molecular flexibility index (Phi) is 5.03. The molecular weight excluding hydrogens is 415 g/mol. The zero-order valence-electron chi connectivity index (χ0n) is 11.8. The van der Waals surface area contributed by atoms with Crippen molar-refractivity contribution in [1.29, 1.82) is 0 Å². The van der Waals surface area contributed by atoms with Gasteiger partial charge in [-0.05, 0) is 29.8 Å². The molecule has 0 atom stereocenters. The summed E-state index contributed by atoms with van der Waals surface area (Å²) in [7, 11) is -3.76. The van der Waals surface area contributed by atoms with E-state index in [2.05, 4.69) is 14.8 Å².